The molecule has 2 heterocycles. The standard InChI is InChI=1S/C24H26O10/c25-15-5-1-3-12(8-15)7-14-11-32-23(31)17(14)10-13-4-2-6-16(9-13)33-24-20(28)18(26)19(27)21(34-24)22(29)30/h1-6,8-9,14,17-21,24-28H,7,10-11H2,(H,29,30)/t14-,17+,18+,19+,20-,21+,24-/m1/s1. The Morgan fingerprint density at radius 2 is 1.68 bits per heavy atom. The first kappa shape index (κ1) is 24.0. The molecule has 0 unspecified atom stereocenters. The van der Waals surface area contributed by atoms with Gasteiger partial charge in [0.2, 0.25) is 6.29 Å². The molecule has 0 aliphatic carbocycles. The van der Waals surface area contributed by atoms with E-state index in [0.29, 0.717) is 12.8 Å². The second kappa shape index (κ2) is 9.98. The van der Waals surface area contributed by atoms with Crippen LogP contribution in [0.25, 0.3) is 0 Å². The summed E-state index contributed by atoms with van der Waals surface area (Å²) in [6, 6.07) is 13.5. The molecule has 4 rings (SSSR count). The van der Waals surface area contributed by atoms with E-state index in [0.717, 1.165) is 11.1 Å². The minimum Gasteiger partial charge on any atom is -0.508 e. The highest BCUT2D eigenvalue weighted by atomic mass is 16.7. The summed E-state index contributed by atoms with van der Waals surface area (Å²) in [5.74, 6) is -1.94. The molecule has 0 radical (unpaired) electrons. The molecule has 2 aromatic carbocycles. The Labute approximate surface area is 194 Å². The average molecular weight is 474 g/mol. The van der Waals surface area contributed by atoms with Crippen LogP contribution in [0.5, 0.6) is 11.5 Å². The number of rotatable bonds is 7. The molecular weight excluding hydrogens is 448 g/mol. The number of phenolic OH excluding ortho intramolecular Hbond substituents is 1. The van der Waals surface area contributed by atoms with E-state index >= 15 is 0 Å². The van der Waals surface area contributed by atoms with E-state index in [2.05, 4.69) is 0 Å². The van der Waals surface area contributed by atoms with Gasteiger partial charge < -0.3 is 39.7 Å². The number of aliphatic hydroxyl groups is 3. The summed E-state index contributed by atoms with van der Waals surface area (Å²) in [4.78, 5) is 23.7. The highest BCUT2D eigenvalue weighted by Crippen LogP contribution is 2.31. The van der Waals surface area contributed by atoms with Crippen LogP contribution >= 0.6 is 0 Å². The molecule has 2 aliphatic rings. The van der Waals surface area contributed by atoms with Gasteiger partial charge in [-0.3, -0.25) is 4.79 Å². The van der Waals surface area contributed by atoms with Crippen molar-refractivity contribution in [2.45, 2.75) is 43.5 Å². The highest BCUT2D eigenvalue weighted by molar-refractivity contribution is 5.75. The molecule has 7 atom stereocenters. The molecule has 2 aliphatic heterocycles. The zero-order chi connectivity index (χ0) is 24.4. The van der Waals surface area contributed by atoms with Gasteiger partial charge in [-0.2, -0.15) is 0 Å². The average Bonchev–Trinajstić information content (AvgIpc) is 3.13. The largest absolute Gasteiger partial charge is 0.508 e. The van der Waals surface area contributed by atoms with Gasteiger partial charge in [-0.25, -0.2) is 4.79 Å². The van der Waals surface area contributed by atoms with Crippen LogP contribution in [-0.2, 0) is 31.9 Å². The Balaban J connectivity index is 1.45. The van der Waals surface area contributed by atoms with Crippen molar-refractivity contribution >= 4 is 11.9 Å². The normalized spacial score (nSPS) is 31.1. The number of aliphatic hydroxyl groups excluding tert-OH is 3. The Bertz CT molecular complexity index is 1040. The van der Waals surface area contributed by atoms with Crippen LogP contribution in [0, 0.1) is 11.8 Å². The molecule has 2 aromatic rings. The lowest BCUT2D eigenvalue weighted by molar-refractivity contribution is -0.271. The maximum atomic E-state index is 12.4. The number of aliphatic carboxylic acids is 1. The first-order chi connectivity index (χ1) is 16.2. The van der Waals surface area contributed by atoms with E-state index in [1.807, 2.05) is 6.07 Å². The van der Waals surface area contributed by atoms with E-state index in [4.69, 9.17) is 14.2 Å². The van der Waals surface area contributed by atoms with Crippen molar-refractivity contribution in [3.05, 3.63) is 59.7 Å². The zero-order valence-corrected chi connectivity index (χ0v) is 18.1. The Morgan fingerprint density at radius 3 is 2.38 bits per heavy atom. The van der Waals surface area contributed by atoms with E-state index in [1.165, 1.54) is 0 Å². The molecule has 0 aromatic heterocycles. The number of cyclic esters (lactones) is 1. The summed E-state index contributed by atoms with van der Waals surface area (Å²) in [5, 5.41) is 48.8. The summed E-state index contributed by atoms with van der Waals surface area (Å²) in [6.45, 7) is 0.272. The minimum atomic E-state index is -1.81. The molecule has 10 heteroatoms. The molecule has 10 nitrogen and oxygen atoms in total. The quantitative estimate of drug-likeness (QED) is 0.351. The predicted octanol–water partition coefficient (Wildman–Crippen LogP) is 0.238. The Hall–Kier alpha value is -3.18. The number of ether oxygens (including phenoxy) is 3. The van der Waals surface area contributed by atoms with Crippen LogP contribution in [-0.4, -0.2) is 74.8 Å². The third-order valence-electron chi connectivity index (χ3n) is 6.14. The zero-order valence-electron chi connectivity index (χ0n) is 18.1. The van der Waals surface area contributed by atoms with Gasteiger partial charge in [0.15, 0.2) is 6.10 Å². The summed E-state index contributed by atoms with van der Waals surface area (Å²) < 4.78 is 16.0. The summed E-state index contributed by atoms with van der Waals surface area (Å²) in [7, 11) is 0. The van der Waals surface area contributed by atoms with Crippen LogP contribution in [0.1, 0.15) is 11.1 Å². The summed E-state index contributed by atoms with van der Waals surface area (Å²) >= 11 is 0. The van der Waals surface area contributed by atoms with Crippen LogP contribution in [0.2, 0.25) is 0 Å². The molecule has 0 spiro atoms. The number of hydrogen-bond donors (Lipinski definition) is 5. The first-order valence-corrected chi connectivity index (χ1v) is 10.9. The van der Waals surface area contributed by atoms with Crippen molar-refractivity contribution < 1.29 is 49.3 Å². The number of carboxylic acids is 1. The molecule has 0 amide bonds. The molecule has 0 saturated carbocycles. The lowest BCUT2D eigenvalue weighted by Crippen LogP contribution is -2.61. The van der Waals surface area contributed by atoms with Gasteiger partial charge in [-0.15, -0.1) is 0 Å². The number of benzene rings is 2. The molecule has 0 bridgehead atoms. The molecule has 5 N–H and O–H groups in total. The van der Waals surface area contributed by atoms with Gasteiger partial charge in [-0.05, 0) is 48.2 Å². The maximum absolute atomic E-state index is 12.4. The minimum absolute atomic E-state index is 0.0877. The van der Waals surface area contributed by atoms with E-state index < -0.39 is 42.6 Å². The number of esters is 1. The maximum Gasteiger partial charge on any atom is 0.335 e. The van der Waals surface area contributed by atoms with Crippen LogP contribution in [0.15, 0.2) is 48.5 Å². The SMILES string of the molecule is O=C1OC[C@@H](Cc2cccc(O)c2)[C@@H]1Cc1cccc(O[C@@H]2O[C@H](C(=O)O)[C@@H](O)[C@H](O)[C@H]2O)c1. The van der Waals surface area contributed by atoms with Crippen molar-refractivity contribution in [3.8, 4) is 11.5 Å². The van der Waals surface area contributed by atoms with E-state index in [-0.39, 0.29) is 30.0 Å². The number of aromatic hydroxyl groups is 1. The van der Waals surface area contributed by atoms with Crippen molar-refractivity contribution in [1.29, 1.82) is 0 Å². The fraction of sp³-hybridized carbons (Fsp3) is 0.417. The molecule has 34 heavy (non-hydrogen) atoms. The fourth-order valence-electron chi connectivity index (χ4n) is 4.33. The topological polar surface area (TPSA) is 163 Å². The highest BCUT2D eigenvalue weighted by Gasteiger charge is 2.48. The van der Waals surface area contributed by atoms with Gasteiger partial charge in [-0.1, -0.05) is 24.3 Å². The number of carboxylic acid groups (broad SMARTS) is 1. The van der Waals surface area contributed by atoms with E-state index in [1.54, 1.807) is 42.5 Å². The molecule has 2 saturated heterocycles. The predicted molar refractivity (Wildman–Crippen MR) is 115 cm³/mol. The van der Waals surface area contributed by atoms with Crippen molar-refractivity contribution in [2.75, 3.05) is 6.61 Å². The van der Waals surface area contributed by atoms with Gasteiger partial charge in [0.1, 0.15) is 29.8 Å². The fourth-order valence-corrected chi connectivity index (χ4v) is 4.33. The number of carbonyl (C=O) groups is 2. The second-order valence-electron chi connectivity index (χ2n) is 8.58. The lowest BCUT2D eigenvalue weighted by Gasteiger charge is -2.38. The third kappa shape index (κ3) is 5.15. The number of phenols is 1. The van der Waals surface area contributed by atoms with Gasteiger partial charge in [0.25, 0.3) is 0 Å². The molecule has 2 fully saturated rings. The first-order valence-electron chi connectivity index (χ1n) is 10.9. The monoisotopic (exact) mass is 474 g/mol. The second-order valence-corrected chi connectivity index (χ2v) is 8.58. The lowest BCUT2D eigenvalue weighted by atomic mass is 9.85. The third-order valence-corrected chi connectivity index (χ3v) is 6.14. The van der Waals surface area contributed by atoms with Gasteiger partial charge in [0.05, 0.1) is 12.5 Å². The van der Waals surface area contributed by atoms with Crippen molar-refractivity contribution in [3.63, 3.8) is 0 Å². The Kier molecular flexibility index (Phi) is 7.03. The molecule has 182 valence electrons. The summed E-state index contributed by atoms with van der Waals surface area (Å²) in [6.07, 6.45) is -7.63. The summed E-state index contributed by atoms with van der Waals surface area (Å²) in [5.41, 5.74) is 1.63. The number of carbonyl (C=O) groups excluding carboxylic acids is 1. The smallest absolute Gasteiger partial charge is 0.335 e. The van der Waals surface area contributed by atoms with Gasteiger partial charge in [0, 0.05) is 5.92 Å². The van der Waals surface area contributed by atoms with Crippen LogP contribution in [0.4, 0.5) is 0 Å². The van der Waals surface area contributed by atoms with Crippen molar-refractivity contribution in [2.24, 2.45) is 11.8 Å². The van der Waals surface area contributed by atoms with Gasteiger partial charge >= 0.3 is 11.9 Å². The van der Waals surface area contributed by atoms with Crippen LogP contribution < -0.4 is 4.74 Å². The molecular formula is C24H26O10. The number of hydrogen-bond acceptors (Lipinski definition) is 9. The Morgan fingerprint density at radius 1 is 0.971 bits per heavy atom. The van der Waals surface area contributed by atoms with Crippen molar-refractivity contribution in [1.82, 2.24) is 0 Å². The van der Waals surface area contributed by atoms with E-state index in [9.17, 15) is 35.1 Å². The van der Waals surface area contributed by atoms with Crippen LogP contribution in [0.3, 0.4) is 0 Å².